The van der Waals surface area contributed by atoms with Crippen LogP contribution in [0.5, 0.6) is 0 Å². The normalized spacial score (nSPS) is 15.9. The van der Waals surface area contributed by atoms with E-state index in [0.29, 0.717) is 0 Å². The van der Waals surface area contributed by atoms with Crippen molar-refractivity contribution in [1.29, 1.82) is 0 Å². The molecule has 0 amide bonds. The Morgan fingerprint density at radius 1 is 0.265 bits per heavy atom. The summed E-state index contributed by atoms with van der Waals surface area (Å²) in [7, 11) is -10.4. The van der Waals surface area contributed by atoms with Gasteiger partial charge in [0.15, 0.2) is 0 Å². The summed E-state index contributed by atoms with van der Waals surface area (Å²) in [6, 6.07) is 0. The molecule has 4 bridgehead atoms. The van der Waals surface area contributed by atoms with Gasteiger partial charge in [-0.3, -0.25) is 0 Å². The summed E-state index contributed by atoms with van der Waals surface area (Å²) < 4.78 is 45.1. The Labute approximate surface area is 237 Å². The molecule has 4 aliphatic rings. The first kappa shape index (κ1) is 65.0. The fourth-order valence-corrected chi connectivity index (χ4v) is 1.46. The fourth-order valence-electron chi connectivity index (χ4n) is 1.46. The second kappa shape index (κ2) is 30.8. The van der Waals surface area contributed by atoms with Gasteiger partial charge >= 0.3 is 118 Å². The second-order valence-corrected chi connectivity index (χ2v) is 3.74. The molecule has 24 N–H and O–H groups in total. The summed E-state index contributed by atoms with van der Waals surface area (Å²) in [5.41, 5.74) is 0. The molecule has 0 aromatic carbocycles. The molecule has 0 aliphatic carbocycles. The maximum atomic E-state index is 8.74. The van der Waals surface area contributed by atoms with Crippen LogP contribution in [0.1, 0.15) is 0 Å². The van der Waals surface area contributed by atoms with E-state index in [0.717, 1.165) is 0 Å². The van der Waals surface area contributed by atoms with Gasteiger partial charge in [-0.1, -0.05) is 0 Å². The van der Waals surface area contributed by atoms with Gasteiger partial charge in [-0.05, 0) is 0 Å². The Bertz CT molecular complexity index is 282. The van der Waals surface area contributed by atoms with E-state index >= 15 is 0 Å². The van der Waals surface area contributed by atoms with Crippen molar-refractivity contribution < 1.29 is 121 Å². The van der Waals surface area contributed by atoms with Crippen molar-refractivity contribution in [1.82, 2.24) is 0 Å². The molecule has 0 radical (unpaired) electrons. The first-order valence-corrected chi connectivity index (χ1v) is 5.75. The van der Waals surface area contributed by atoms with Gasteiger partial charge in [-0.2, -0.15) is 0 Å². The van der Waals surface area contributed by atoms with Crippen molar-refractivity contribution >= 4 is 118 Å². The summed E-state index contributed by atoms with van der Waals surface area (Å²) in [6.45, 7) is 0. The molecule has 0 spiro atoms. The molecule has 4 fully saturated rings. The van der Waals surface area contributed by atoms with Gasteiger partial charge in [0.2, 0.25) is 0 Å². The molecular weight excluding hydrogens is 516 g/mol. The molecule has 24 nitrogen and oxygen atoms in total. The average Bonchev–Trinajstić information content (AvgIpc) is 2.35. The minimum absolute atomic E-state index is 0. The monoisotopic (exact) mass is 544 g/mol. The van der Waals surface area contributed by atoms with Gasteiger partial charge in [0.25, 0.3) is 0 Å². The fraction of sp³-hybridized carbons (Fsp3) is 0. The van der Waals surface area contributed by atoms with Crippen LogP contribution in [0.4, 0.5) is 0 Å². The van der Waals surface area contributed by atoms with Gasteiger partial charge < -0.3 is 121 Å². The maximum absolute atomic E-state index is 8.74. The van der Waals surface area contributed by atoms with E-state index in [9.17, 15) is 0 Å². The van der Waals surface area contributed by atoms with E-state index in [2.05, 4.69) is 45.7 Å². The Hall–Kier alpha value is 1.56. The van der Waals surface area contributed by atoms with Crippen LogP contribution in [0, 0.1) is 0 Å². The van der Waals surface area contributed by atoms with Crippen LogP contribution in [0.15, 0.2) is 0 Å². The van der Waals surface area contributed by atoms with E-state index in [1.165, 1.54) is 0 Å². The van der Waals surface area contributed by atoms with Crippen LogP contribution in [0.3, 0.4) is 0 Å². The third kappa shape index (κ3) is 20.6. The van der Waals surface area contributed by atoms with E-state index in [-0.39, 0.29) is 114 Å². The standard InChI is InChI=1S/2B4H2O7.2Na.10H2O.2H/c2*5-1-7-3-9-2(6)10-4(8-1)11-3;;;;;;;;;;;;;;/h2*5-6H;;;10*1H2;;. The van der Waals surface area contributed by atoms with Crippen molar-refractivity contribution in [3.8, 4) is 0 Å². The molecule has 0 aromatic rings. The van der Waals surface area contributed by atoms with E-state index in [1.807, 2.05) is 0 Å². The Morgan fingerprint density at radius 2 is 0.382 bits per heavy atom. The second-order valence-electron chi connectivity index (χ2n) is 3.74. The third-order valence-corrected chi connectivity index (χ3v) is 2.26. The Kier molecular flexibility index (Phi) is 58.9. The summed E-state index contributed by atoms with van der Waals surface area (Å²) in [5.74, 6) is 0. The van der Waals surface area contributed by atoms with Crippen molar-refractivity contribution in [3.05, 3.63) is 0 Å². The molecule has 0 saturated carbocycles. The number of hydrogen-bond acceptors (Lipinski definition) is 14. The molecular formula is H26B8Na2O24. The summed E-state index contributed by atoms with van der Waals surface area (Å²) in [6.07, 6.45) is 0. The molecule has 0 atom stereocenters. The predicted molar refractivity (Wildman–Crippen MR) is 116 cm³/mol. The van der Waals surface area contributed by atoms with Crippen molar-refractivity contribution in [2.75, 3.05) is 0 Å². The topological polar surface area (TPSA) is 488 Å². The van der Waals surface area contributed by atoms with Crippen LogP contribution < -0.4 is 0 Å². The van der Waals surface area contributed by atoms with E-state index in [1.54, 1.807) is 0 Å². The van der Waals surface area contributed by atoms with Gasteiger partial charge in [-0.15, -0.1) is 0 Å². The zero-order valence-corrected chi connectivity index (χ0v) is 15.5. The first-order valence-electron chi connectivity index (χ1n) is 5.75. The molecule has 0 aromatic heterocycles. The third-order valence-electron chi connectivity index (χ3n) is 2.26. The molecule has 196 valence electrons. The van der Waals surface area contributed by atoms with Crippen LogP contribution in [-0.4, -0.2) is 193 Å². The van der Waals surface area contributed by atoms with Crippen LogP contribution in [0.2, 0.25) is 0 Å². The zero-order valence-electron chi connectivity index (χ0n) is 15.5. The van der Waals surface area contributed by atoms with Crippen molar-refractivity contribution in [3.63, 3.8) is 0 Å². The molecule has 34 heteroatoms. The predicted octanol–water partition coefficient (Wildman–Crippen LogP) is -15.5. The number of rotatable bonds is 0. The van der Waals surface area contributed by atoms with Gasteiger partial charge in [0.1, 0.15) is 0 Å². The van der Waals surface area contributed by atoms with E-state index in [4.69, 9.17) is 20.1 Å². The number of fused-ring (bicyclic) bond motifs is 4. The van der Waals surface area contributed by atoms with Crippen LogP contribution >= 0.6 is 0 Å². The quantitative estimate of drug-likeness (QED) is 0.206. The molecule has 4 rings (SSSR count). The first-order chi connectivity index (χ1) is 10.5. The van der Waals surface area contributed by atoms with Gasteiger partial charge in [0.05, 0.1) is 0 Å². The Morgan fingerprint density at radius 3 is 0.500 bits per heavy atom. The average molecular weight is 543 g/mol. The van der Waals surface area contributed by atoms with Crippen LogP contribution in [0.25, 0.3) is 0 Å². The van der Waals surface area contributed by atoms with Crippen molar-refractivity contribution in [2.24, 2.45) is 0 Å². The molecule has 4 heterocycles. The summed E-state index contributed by atoms with van der Waals surface area (Å²) in [4.78, 5) is 0. The molecule has 0 unspecified atom stereocenters. The molecule has 4 saturated heterocycles. The minimum atomic E-state index is -1.45. The SMILES string of the molecule is O.O.O.O.O.O.O.O.O.O.OB1OB2OB(O)OB(O1)O2.OB1OB2OB(O)OB(O1)O2.[NaH].[NaH]. The zero-order chi connectivity index (χ0) is 15.7. The van der Waals surface area contributed by atoms with Gasteiger partial charge in [0, 0.05) is 0 Å². The van der Waals surface area contributed by atoms with Crippen molar-refractivity contribution in [2.45, 2.75) is 0 Å². The summed E-state index contributed by atoms with van der Waals surface area (Å²) in [5, 5.41) is 34.9. The van der Waals surface area contributed by atoms with E-state index < -0.39 is 58.6 Å². The molecule has 34 heavy (non-hydrogen) atoms. The summed E-state index contributed by atoms with van der Waals surface area (Å²) >= 11 is 0. The Balaban J connectivity index is -0.0000000313. The molecule has 4 aliphatic heterocycles. The van der Waals surface area contributed by atoms with Gasteiger partial charge in [-0.25, -0.2) is 0 Å². The number of hydrogen-bond donors (Lipinski definition) is 4. The van der Waals surface area contributed by atoms with Crippen LogP contribution in [-0.2, 0) is 45.7 Å².